The van der Waals surface area contributed by atoms with E-state index in [1.54, 1.807) is 13.8 Å². The Bertz CT molecular complexity index is 4430. The third-order valence-corrected chi connectivity index (χ3v) is 22.6. The van der Waals surface area contributed by atoms with Gasteiger partial charge in [-0.3, -0.25) is 38.4 Å². The van der Waals surface area contributed by atoms with Gasteiger partial charge < -0.3 is 129 Å². The number of nitrogens with two attached hydrogens (primary N) is 4. The van der Waals surface area contributed by atoms with Gasteiger partial charge in [0.05, 0.1) is 34.7 Å². The van der Waals surface area contributed by atoms with Crippen molar-refractivity contribution in [1.29, 1.82) is 0 Å². The molecule has 0 aromatic heterocycles. The Morgan fingerprint density at radius 1 is 0.673 bits per heavy atom. The van der Waals surface area contributed by atoms with Gasteiger partial charge in [0.25, 0.3) is 0 Å². The van der Waals surface area contributed by atoms with Crippen LogP contribution in [0.25, 0.3) is 11.1 Å². The Balaban J connectivity index is 1.04. The summed E-state index contributed by atoms with van der Waals surface area (Å²) in [6.07, 6.45) is -13.9. The second-order valence-electron chi connectivity index (χ2n) is 30.7. The van der Waals surface area contributed by atoms with Gasteiger partial charge in [0.2, 0.25) is 59.3 Å². The van der Waals surface area contributed by atoms with Gasteiger partial charge in [0.15, 0.2) is 17.8 Å². The number of benzene rings is 5. The SMILES string of the molecule is CC(C)C[C@@H](N)C(=O)N[C@H]1C(=O)N[C@@H](CC(N)=O)C(=O)N[C@H]2C(=O)N[C@H]3C(=O)N[C@H](C(=O)N[C@H](C(=O)NC4C5CC6CC(C5)CC4C6)c4cc(O)cc(O)c4-c4cc3ccc4O)[C@H](O[C@H]3C[C@](C)(N)[C@H](O)[C@@H](C)O3)c3ccc(c(Cl)c3)Oc3cc2cc(c3O[C@H]2O[C@@H](CN)[C@H](O)[C@@H](O)[C@@H]2O)Oc2ccc(cc2Cl)[C@H]1O. The fourth-order valence-electron chi connectivity index (χ4n) is 16.7. The minimum Gasteiger partial charge on any atom is -0.508 e. The first-order valence-electron chi connectivity index (χ1n) is 36.3. The van der Waals surface area contributed by atoms with E-state index in [0.717, 1.165) is 74.6 Å². The van der Waals surface area contributed by atoms with Gasteiger partial charge in [-0.1, -0.05) is 55.2 Å². The normalized spacial score (nSPS) is 33.0. The quantitative estimate of drug-likeness (QED) is 0.0797. The fraction of sp³-hybridized carbons (Fsp3) is 0.493. The van der Waals surface area contributed by atoms with Crippen LogP contribution in [0.2, 0.25) is 10.0 Å². The number of fused-ring (bicyclic) bond motifs is 15. The summed E-state index contributed by atoms with van der Waals surface area (Å²) in [6, 6.07) is 0.587. The molecule has 2 saturated heterocycles. The molecule has 7 aliphatic heterocycles. The first-order valence-corrected chi connectivity index (χ1v) is 37.1. The average Bonchev–Trinajstić information content (AvgIpc) is 0.759. The fourth-order valence-corrected chi connectivity index (χ4v) is 17.2. The molecule has 0 radical (unpaired) electrons. The van der Waals surface area contributed by atoms with Crippen LogP contribution in [0.3, 0.4) is 0 Å². The number of carbonyl (C=O) groups is 8. The second kappa shape index (κ2) is 31.5. The van der Waals surface area contributed by atoms with Crippen LogP contribution in [0.4, 0.5) is 0 Å². The molecule has 16 rings (SSSR count). The van der Waals surface area contributed by atoms with Crippen LogP contribution in [0.1, 0.15) is 137 Å². The highest BCUT2D eigenvalue weighted by Gasteiger charge is 2.52. The number of hydrogen-bond acceptors (Lipinski definition) is 25. The van der Waals surface area contributed by atoms with Gasteiger partial charge in [0, 0.05) is 41.7 Å². The Morgan fingerprint density at radius 3 is 1.90 bits per heavy atom. The molecular formula is C75H89Cl2N11O22. The monoisotopic (exact) mass is 1570 g/mol. The number of halogens is 2. The number of ether oxygens (including phenoxy) is 6. The van der Waals surface area contributed by atoms with Crippen LogP contribution < -0.4 is 74.4 Å². The van der Waals surface area contributed by atoms with Gasteiger partial charge in [-0.05, 0) is 164 Å². The molecule has 0 spiro atoms. The average molecular weight is 1570 g/mol. The topological polar surface area (TPSA) is 542 Å². The molecule has 7 heterocycles. The molecule has 4 aliphatic carbocycles. The molecule has 5 aromatic rings. The first kappa shape index (κ1) is 78.9. The molecule has 4 saturated carbocycles. The molecule has 5 aromatic carbocycles. The molecule has 11 aliphatic rings. The number of carbonyl (C=O) groups excluding carboxylic acids is 8. The zero-order valence-corrected chi connectivity index (χ0v) is 61.5. The van der Waals surface area contributed by atoms with Gasteiger partial charge in [-0.2, -0.15) is 0 Å². The molecule has 23 N–H and O–H groups in total. The van der Waals surface area contributed by atoms with Crippen molar-refractivity contribution in [2.24, 2.45) is 52.5 Å². The van der Waals surface area contributed by atoms with Crippen LogP contribution in [0, 0.1) is 29.6 Å². The summed E-state index contributed by atoms with van der Waals surface area (Å²) in [6.45, 7) is 6.14. The number of primary amides is 1. The molecule has 8 amide bonds. The Kier molecular flexibility index (Phi) is 22.6. The van der Waals surface area contributed by atoms with Crippen molar-refractivity contribution >= 4 is 70.5 Å². The van der Waals surface area contributed by atoms with Gasteiger partial charge >= 0.3 is 0 Å². The van der Waals surface area contributed by atoms with Crippen molar-refractivity contribution in [3.63, 3.8) is 0 Å². The Labute approximate surface area is 639 Å². The number of phenols is 3. The minimum atomic E-state index is -2.32. The number of amides is 8. The van der Waals surface area contributed by atoms with Crippen molar-refractivity contribution in [1.82, 2.24) is 37.2 Å². The number of aliphatic hydroxyl groups is 5. The molecule has 110 heavy (non-hydrogen) atoms. The lowest BCUT2D eigenvalue weighted by Gasteiger charge is -2.54. The van der Waals surface area contributed by atoms with E-state index < -0.39 is 210 Å². The number of rotatable bonds is 13. The zero-order chi connectivity index (χ0) is 79.0. The van der Waals surface area contributed by atoms with Crippen molar-refractivity contribution in [2.75, 3.05) is 6.54 Å². The summed E-state index contributed by atoms with van der Waals surface area (Å²) in [5.74, 6) is -13.1. The number of hydrogen-bond donors (Lipinski definition) is 19. The molecule has 590 valence electrons. The number of nitrogens with one attached hydrogen (secondary N) is 7. The maximum Gasteiger partial charge on any atom is 0.248 e. The highest BCUT2D eigenvalue weighted by molar-refractivity contribution is 6.32. The van der Waals surface area contributed by atoms with Crippen molar-refractivity contribution in [3.8, 4) is 57.1 Å². The van der Waals surface area contributed by atoms with Crippen molar-refractivity contribution in [2.45, 2.75) is 194 Å². The summed E-state index contributed by atoms with van der Waals surface area (Å²) in [4.78, 5) is 122. The maximum absolute atomic E-state index is 16.4. The predicted molar refractivity (Wildman–Crippen MR) is 388 cm³/mol. The van der Waals surface area contributed by atoms with E-state index in [9.17, 15) is 55.2 Å². The Morgan fingerprint density at radius 2 is 1.28 bits per heavy atom. The maximum atomic E-state index is 16.4. The van der Waals surface area contributed by atoms with Crippen LogP contribution >= 0.6 is 23.2 Å². The van der Waals surface area contributed by atoms with Crippen LogP contribution in [0.15, 0.2) is 78.9 Å². The van der Waals surface area contributed by atoms with Crippen molar-refractivity contribution < 1.29 is 108 Å². The summed E-state index contributed by atoms with van der Waals surface area (Å²) in [5, 5.41) is 111. The molecule has 15 bridgehead atoms. The van der Waals surface area contributed by atoms with E-state index >= 15 is 24.0 Å². The third-order valence-electron chi connectivity index (χ3n) is 22.1. The van der Waals surface area contributed by atoms with E-state index in [4.69, 9.17) is 74.6 Å². The smallest absolute Gasteiger partial charge is 0.248 e. The van der Waals surface area contributed by atoms with Crippen LogP contribution in [0.5, 0.6) is 46.0 Å². The first-order chi connectivity index (χ1) is 52.1. The van der Waals surface area contributed by atoms with E-state index in [1.807, 2.05) is 0 Å². The number of aromatic hydroxyl groups is 3. The molecule has 33 nitrogen and oxygen atoms in total. The number of aliphatic hydroxyl groups excluding tert-OH is 5. The standard InChI is InChI=1S/C75H89Cl2N11O22/c1-27(2)11-42(79)67(98)87-58-60(93)32-6-9-46(40(76)18-32)106-48-20-36-21-49(65(48)110-74-63(96)62(95)61(94)50(26-78)108-74)107-47-10-7-33(19-41(47)77)64(109-52-25-75(4,81)66(97)28(3)105-52)59-73(104)86-57(71(102)83-54-34-13-29-12-30(15-34)16-35(54)14-29)39-22-37(89)23-45(91)53(39)38-17-31(5-8-44(38)90)55(69(100)88-59)85-70(101)56(36)84-68(99)43(24-51(80)92)82-72(58)103/h5-10,17-23,27-30,34-35,42-43,50,52,54-64,66,74,89-91,93-97H,11-16,24-26,78-79,81H2,1-4H3,(H2,80,92)(H,82,103)(H,83,102)(H,84,99)(H,85,101)(H,86,104)(H,87,98)(H,88,100)/t28-,29?,30?,34?,35?,42-,43+,50+,52+,54?,55-,56-,57+,58-,59+,60-,61+,62-,63+,64-,66-,74-,75+/m1/s1. The van der Waals surface area contributed by atoms with Gasteiger partial charge in [0.1, 0.15) is 102 Å². The zero-order valence-electron chi connectivity index (χ0n) is 60.0. The second-order valence-corrected chi connectivity index (χ2v) is 31.5. The molecule has 35 heteroatoms. The molecule has 0 unspecified atom stereocenters. The highest BCUT2D eigenvalue weighted by Crippen LogP contribution is 2.55. The van der Waals surface area contributed by atoms with E-state index in [0.29, 0.717) is 11.8 Å². The highest BCUT2D eigenvalue weighted by atomic mass is 35.5. The molecular weight excluding hydrogens is 1480 g/mol. The minimum absolute atomic E-state index is 0.0581. The van der Waals surface area contributed by atoms with Crippen molar-refractivity contribution in [3.05, 3.63) is 117 Å². The lowest BCUT2D eigenvalue weighted by Crippen LogP contribution is -2.61. The lowest BCUT2D eigenvalue weighted by atomic mass is 9.54. The lowest BCUT2D eigenvalue weighted by molar-refractivity contribution is -0.270. The largest absolute Gasteiger partial charge is 0.508 e. The van der Waals surface area contributed by atoms with Crippen LogP contribution in [-0.4, -0.2) is 180 Å². The Hall–Kier alpha value is -9.20. The molecule has 18 atom stereocenters. The van der Waals surface area contributed by atoms with E-state index in [-0.39, 0.29) is 91.6 Å². The summed E-state index contributed by atoms with van der Waals surface area (Å²) < 4.78 is 38.9. The summed E-state index contributed by atoms with van der Waals surface area (Å²) in [7, 11) is 0. The van der Waals surface area contributed by atoms with Gasteiger partial charge in [-0.25, -0.2) is 0 Å². The van der Waals surface area contributed by atoms with E-state index in [1.165, 1.54) is 50.2 Å². The van der Waals surface area contributed by atoms with E-state index in [2.05, 4.69) is 37.2 Å². The third kappa shape index (κ3) is 16.0. The summed E-state index contributed by atoms with van der Waals surface area (Å²) >= 11 is 14.4. The summed E-state index contributed by atoms with van der Waals surface area (Å²) in [5.41, 5.74) is 21.4. The van der Waals surface area contributed by atoms with Gasteiger partial charge in [-0.15, -0.1) is 0 Å². The predicted octanol–water partition coefficient (Wildman–Crippen LogP) is 1.67. The number of phenolic OH excluding ortho intramolecular Hbond substituents is 3. The van der Waals surface area contributed by atoms with Crippen LogP contribution in [-0.2, 0) is 52.6 Å². The molecule has 6 fully saturated rings.